The number of rotatable bonds is 5. The monoisotopic (exact) mass is 299 g/mol. The molecule has 0 heterocycles. The van der Waals surface area contributed by atoms with Gasteiger partial charge in [-0.1, -0.05) is 42.5 Å². The molecule has 114 valence electrons. The summed E-state index contributed by atoms with van der Waals surface area (Å²) in [6.07, 6.45) is -1.26. The van der Waals surface area contributed by atoms with E-state index in [1.165, 1.54) is 0 Å². The number of carbonyl (C=O) groups is 2. The SMILES string of the molecule is NCc1ccc(NC(=O)[C@@H](NC(=O)O)c2ccccc2)cc1. The summed E-state index contributed by atoms with van der Waals surface area (Å²) in [4.78, 5) is 23.3. The zero-order chi connectivity index (χ0) is 15.9. The molecule has 6 heteroatoms. The van der Waals surface area contributed by atoms with Gasteiger partial charge in [0.05, 0.1) is 0 Å². The van der Waals surface area contributed by atoms with Crippen LogP contribution in [0, 0.1) is 0 Å². The van der Waals surface area contributed by atoms with Gasteiger partial charge in [-0.15, -0.1) is 0 Å². The Balaban J connectivity index is 2.16. The number of hydrogen-bond donors (Lipinski definition) is 4. The smallest absolute Gasteiger partial charge is 0.405 e. The van der Waals surface area contributed by atoms with Crippen molar-refractivity contribution in [3.05, 3.63) is 65.7 Å². The van der Waals surface area contributed by atoms with E-state index in [0.717, 1.165) is 5.56 Å². The van der Waals surface area contributed by atoms with Gasteiger partial charge in [0.15, 0.2) is 0 Å². The van der Waals surface area contributed by atoms with E-state index in [9.17, 15) is 9.59 Å². The average Bonchev–Trinajstić information content (AvgIpc) is 2.54. The minimum absolute atomic E-state index is 0.418. The Morgan fingerprint density at radius 3 is 2.23 bits per heavy atom. The van der Waals surface area contributed by atoms with Crippen molar-refractivity contribution in [1.29, 1.82) is 0 Å². The lowest BCUT2D eigenvalue weighted by Crippen LogP contribution is -2.36. The topological polar surface area (TPSA) is 104 Å². The Morgan fingerprint density at radius 2 is 1.68 bits per heavy atom. The van der Waals surface area contributed by atoms with Gasteiger partial charge in [-0.3, -0.25) is 4.79 Å². The van der Waals surface area contributed by atoms with E-state index in [1.54, 1.807) is 54.6 Å². The second kappa shape index (κ2) is 7.24. The van der Waals surface area contributed by atoms with Crippen molar-refractivity contribution < 1.29 is 14.7 Å². The molecule has 0 aliphatic carbocycles. The molecule has 0 bridgehead atoms. The summed E-state index contributed by atoms with van der Waals surface area (Å²) in [5.41, 5.74) is 7.61. The van der Waals surface area contributed by atoms with Crippen LogP contribution in [0.2, 0.25) is 0 Å². The van der Waals surface area contributed by atoms with Crippen LogP contribution in [0.25, 0.3) is 0 Å². The maximum Gasteiger partial charge on any atom is 0.405 e. The standard InChI is InChI=1S/C16H17N3O3/c17-10-11-6-8-13(9-7-11)18-15(20)14(19-16(21)22)12-4-2-1-3-5-12/h1-9,14,19H,10,17H2,(H,18,20)(H,21,22)/t14-/m0/s1. The minimum atomic E-state index is -1.26. The van der Waals surface area contributed by atoms with Crippen molar-refractivity contribution >= 4 is 17.7 Å². The molecule has 0 saturated carbocycles. The van der Waals surface area contributed by atoms with Crippen LogP contribution in [-0.2, 0) is 11.3 Å². The second-order valence-corrected chi connectivity index (χ2v) is 4.68. The third-order valence-electron chi connectivity index (χ3n) is 3.12. The molecule has 5 N–H and O–H groups in total. The average molecular weight is 299 g/mol. The van der Waals surface area contributed by atoms with Crippen molar-refractivity contribution in [3.8, 4) is 0 Å². The fraction of sp³-hybridized carbons (Fsp3) is 0.125. The van der Waals surface area contributed by atoms with E-state index in [-0.39, 0.29) is 0 Å². The molecule has 0 aromatic heterocycles. The number of carbonyl (C=O) groups excluding carboxylic acids is 1. The maximum absolute atomic E-state index is 12.3. The Kier molecular flexibility index (Phi) is 5.11. The third kappa shape index (κ3) is 4.07. The fourth-order valence-electron chi connectivity index (χ4n) is 2.01. The summed E-state index contributed by atoms with van der Waals surface area (Å²) < 4.78 is 0. The molecule has 2 rings (SSSR count). The molecule has 0 aliphatic heterocycles. The van der Waals surface area contributed by atoms with Crippen LogP contribution in [-0.4, -0.2) is 17.1 Å². The summed E-state index contributed by atoms with van der Waals surface area (Å²) in [6.45, 7) is 0.418. The van der Waals surface area contributed by atoms with Gasteiger partial charge in [-0.25, -0.2) is 4.79 Å². The first-order valence-electron chi connectivity index (χ1n) is 6.74. The first-order valence-corrected chi connectivity index (χ1v) is 6.74. The number of hydrogen-bond acceptors (Lipinski definition) is 3. The summed E-state index contributed by atoms with van der Waals surface area (Å²) in [5.74, 6) is -0.450. The zero-order valence-electron chi connectivity index (χ0n) is 11.8. The van der Waals surface area contributed by atoms with Crippen LogP contribution in [0.3, 0.4) is 0 Å². The summed E-state index contributed by atoms with van der Waals surface area (Å²) in [7, 11) is 0. The van der Waals surface area contributed by atoms with Crippen molar-refractivity contribution in [2.24, 2.45) is 5.73 Å². The lowest BCUT2D eigenvalue weighted by atomic mass is 10.1. The largest absolute Gasteiger partial charge is 0.465 e. The number of nitrogens with one attached hydrogen (secondary N) is 2. The Morgan fingerprint density at radius 1 is 1.05 bits per heavy atom. The zero-order valence-corrected chi connectivity index (χ0v) is 11.8. The second-order valence-electron chi connectivity index (χ2n) is 4.68. The predicted octanol–water partition coefficient (Wildman–Crippen LogP) is 2.09. The summed E-state index contributed by atoms with van der Waals surface area (Å²) >= 11 is 0. The van der Waals surface area contributed by atoms with Crippen molar-refractivity contribution in [2.75, 3.05) is 5.32 Å². The normalized spacial score (nSPS) is 11.5. The quantitative estimate of drug-likeness (QED) is 0.678. The number of anilines is 1. The highest BCUT2D eigenvalue weighted by Crippen LogP contribution is 2.16. The van der Waals surface area contributed by atoms with Crippen LogP contribution in [0.15, 0.2) is 54.6 Å². The molecule has 2 aromatic carbocycles. The van der Waals surface area contributed by atoms with Gasteiger partial charge in [0.2, 0.25) is 0 Å². The number of amides is 2. The van der Waals surface area contributed by atoms with E-state index in [1.807, 2.05) is 0 Å². The predicted molar refractivity (Wildman–Crippen MR) is 83.3 cm³/mol. The Hall–Kier alpha value is -2.86. The van der Waals surface area contributed by atoms with Gasteiger partial charge in [-0.05, 0) is 23.3 Å². The molecule has 0 aliphatic rings. The molecule has 0 fully saturated rings. The Bertz CT molecular complexity index is 641. The highest BCUT2D eigenvalue weighted by atomic mass is 16.4. The van der Waals surface area contributed by atoms with Gasteiger partial charge < -0.3 is 21.5 Å². The lowest BCUT2D eigenvalue weighted by Gasteiger charge is -2.17. The van der Waals surface area contributed by atoms with E-state index >= 15 is 0 Å². The fourth-order valence-corrected chi connectivity index (χ4v) is 2.01. The molecule has 1 atom stereocenters. The maximum atomic E-state index is 12.3. The highest BCUT2D eigenvalue weighted by Gasteiger charge is 2.22. The van der Waals surface area contributed by atoms with Crippen LogP contribution < -0.4 is 16.4 Å². The van der Waals surface area contributed by atoms with Crippen molar-refractivity contribution in [2.45, 2.75) is 12.6 Å². The first-order chi connectivity index (χ1) is 10.6. The summed E-state index contributed by atoms with van der Waals surface area (Å²) in [5, 5.41) is 13.8. The van der Waals surface area contributed by atoms with E-state index < -0.39 is 18.0 Å². The lowest BCUT2D eigenvalue weighted by molar-refractivity contribution is -0.118. The molecule has 22 heavy (non-hydrogen) atoms. The number of nitrogens with two attached hydrogens (primary N) is 1. The van der Waals surface area contributed by atoms with E-state index in [4.69, 9.17) is 10.8 Å². The molecular weight excluding hydrogens is 282 g/mol. The van der Waals surface area contributed by atoms with Gasteiger partial charge in [-0.2, -0.15) is 0 Å². The van der Waals surface area contributed by atoms with E-state index in [2.05, 4.69) is 10.6 Å². The van der Waals surface area contributed by atoms with Gasteiger partial charge in [0.1, 0.15) is 6.04 Å². The van der Waals surface area contributed by atoms with Crippen LogP contribution in [0.5, 0.6) is 0 Å². The molecule has 0 saturated heterocycles. The van der Waals surface area contributed by atoms with Crippen molar-refractivity contribution in [3.63, 3.8) is 0 Å². The van der Waals surface area contributed by atoms with Crippen LogP contribution >= 0.6 is 0 Å². The molecule has 2 aromatic rings. The number of carboxylic acid groups (broad SMARTS) is 1. The van der Waals surface area contributed by atoms with Gasteiger partial charge in [0, 0.05) is 12.2 Å². The molecule has 2 amide bonds. The molecular formula is C16H17N3O3. The van der Waals surface area contributed by atoms with Gasteiger partial charge >= 0.3 is 6.09 Å². The molecule has 0 radical (unpaired) electrons. The van der Waals surface area contributed by atoms with Crippen molar-refractivity contribution in [1.82, 2.24) is 5.32 Å². The minimum Gasteiger partial charge on any atom is -0.465 e. The third-order valence-corrected chi connectivity index (χ3v) is 3.12. The van der Waals surface area contributed by atoms with Gasteiger partial charge in [0.25, 0.3) is 5.91 Å². The highest BCUT2D eigenvalue weighted by molar-refractivity contribution is 5.97. The molecule has 0 spiro atoms. The van der Waals surface area contributed by atoms with E-state index in [0.29, 0.717) is 17.8 Å². The first kappa shape index (κ1) is 15.5. The number of benzene rings is 2. The molecule has 0 unspecified atom stereocenters. The van der Waals surface area contributed by atoms with Crippen LogP contribution in [0.1, 0.15) is 17.2 Å². The Labute approximate surface area is 128 Å². The molecule has 6 nitrogen and oxygen atoms in total. The summed E-state index contributed by atoms with van der Waals surface area (Å²) in [6, 6.07) is 14.7. The van der Waals surface area contributed by atoms with Crippen LogP contribution in [0.4, 0.5) is 10.5 Å².